The number of carbonyl (C=O) groups excluding carboxylic acids is 1. The smallest absolute Gasteiger partial charge is 0.163 e. The fraction of sp³-hybridized carbons (Fsp3) is 0. The van der Waals surface area contributed by atoms with Gasteiger partial charge in [0.1, 0.15) is 12.0 Å². The Morgan fingerprint density at radius 1 is 1.17 bits per heavy atom. The molecule has 0 unspecified atom stereocenters. The van der Waals surface area contributed by atoms with Crippen molar-refractivity contribution in [3.05, 3.63) is 48.2 Å². The number of nitrogens with zero attached hydrogens (tertiary/aromatic N) is 1. The summed E-state index contributed by atoms with van der Waals surface area (Å²) in [6.07, 6.45) is 3.75. The number of hydrogen-bond donors (Lipinski definition) is 0. The Bertz CT molecular complexity index is 691. The van der Waals surface area contributed by atoms with Gasteiger partial charge in [-0.15, -0.1) is 11.3 Å². The van der Waals surface area contributed by atoms with Crippen molar-refractivity contribution in [2.24, 2.45) is 0 Å². The Balaban J connectivity index is 2.01. The van der Waals surface area contributed by atoms with E-state index in [0.717, 1.165) is 27.3 Å². The largest absolute Gasteiger partial charge is 0.454 e. The molecule has 0 radical (unpaired) electrons. The van der Waals surface area contributed by atoms with Crippen molar-refractivity contribution in [3.63, 3.8) is 0 Å². The summed E-state index contributed by atoms with van der Waals surface area (Å²) in [6.45, 7) is 0. The first-order valence-electron chi connectivity index (χ1n) is 5.44. The fourth-order valence-electron chi connectivity index (χ4n) is 1.67. The number of thiazole rings is 1. The molecule has 0 saturated heterocycles. The van der Waals surface area contributed by atoms with Gasteiger partial charge in [0.25, 0.3) is 0 Å². The third-order valence-corrected chi connectivity index (χ3v) is 3.52. The summed E-state index contributed by atoms with van der Waals surface area (Å²) >= 11 is 1.59. The fourth-order valence-corrected chi connectivity index (χ4v) is 2.60. The van der Waals surface area contributed by atoms with Crippen LogP contribution in [0.1, 0.15) is 5.76 Å². The topological polar surface area (TPSA) is 43.1 Å². The molecular weight excluding hydrogens is 246 g/mol. The van der Waals surface area contributed by atoms with Gasteiger partial charge in [-0.25, -0.2) is 4.98 Å². The molecule has 0 aliphatic heterocycles. The van der Waals surface area contributed by atoms with E-state index >= 15 is 0 Å². The zero-order valence-electron chi connectivity index (χ0n) is 9.37. The summed E-state index contributed by atoms with van der Waals surface area (Å²) in [5.74, 6) is 1.37. The maximum Gasteiger partial charge on any atom is 0.163 e. The van der Waals surface area contributed by atoms with E-state index in [2.05, 4.69) is 4.98 Å². The number of furan rings is 1. The number of fused-ring (bicyclic) bond motifs is 1. The van der Waals surface area contributed by atoms with Crippen LogP contribution < -0.4 is 0 Å². The minimum absolute atomic E-state index is 0.649. The third-order valence-electron chi connectivity index (χ3n) is 2.47. The number of carbonyl (C=O) groups is 1. The summed E-state index contributed by atoms with van der Waals surface area (Å²) < 4.78 is 6.74. The van der Waals surface area contributed by atoms with Gasteiger partial charge < -0.3 is 4.42 Å². The number of para-hydroxylation sites is 1. The summed E-state index contributed by atoms with van der Waals surface area (Å²) in [6, 6.07) is 11.7. The summed E-state index contributed by atoms with van der Waals surface area (Å²) in [4.78, 5) is 14.7. The average Bonchev–Trinajstić information content (AvgIpc) is 3.02. The zero-order valence-corrected chi connectivity index (χ0v) is 10.2. The van der Waals surface area contributed by atoms with Crippen LogP contribution in [0.4, 0.5) is 0 Å². The number of aldehydes is 1. The molecule has 2 aromatic heterocycles. The molecular formula is C14H9NO2S. The first-order chi connectivity index (χ1) is 8.86. The Kier molecular flexibility index (Phi) is 2.78. The zero-order chi connectivity index (χ0) is 12.4. The molecule has 4 heteroatoms. The quantitative estimate of drug-likeness (QED) is 0.528. The molecule has 0 fully saturated rings. The lowest BCUT2D eigenvalue weighted by atomic mass is 10.3. The maximum atomic E-state index is 10.2. The number of hydrogen-bond acceptors (Lipinski definition) is 4. The van der Waals surface area contributed by atoms with E-state index in [0.29, 0.717) is 5.76 Å². The van der Waals surface area contributed by atoms with Gasteiger partial charge in [-0.3, -0.25) is 4.79 Å². The van der Waals surface area contributed by atoms with Crippen LogP contribution in [0.5, 0.6) is 0 Å². The van der Waals surface area contributed by atoms with Gasteiger partial charge in [-0.1, -0.05) is 12.1 Å². The number of aromatic nitrogens is 1. The molecule has 3 nitrogen and oxygen atoms in total. The summed E-state index contributed by atoms with van der Waals surface area (Å²) in [5, 5.41) is 0.849. The molecule has 0 N–H and O–H groups in total. The van der Waals surface area contributed by atoms with Gasteiger partial charge in [0.05, 0.1) is 10.2 Å². The Morgan fingerprint density at radius 2 is 2.06 bits per heavy atom. The van der Waals surface area contributed by atoms with Crippen molar-refractivity contribution in [1.29, 1.82) is 0 Å². The molecule has 0 aliphatic rings. The summed E-state index contributed by atoms with van der Waals surface area (Å²) in [5.41, 5.74) is 0.971. The standard InChI is InChI=1S/C14H9NO2S/c16-9-3-4-10-7-8-12(17-10)14-15-11-5-1-2-6-13(11)18-14/h1-9H. The van der Waals surface area contributed by atoms with Gasteiger partial charge in [0.2, 0.25) is 0 Å². The molecule has 3 aromatic rings. The van der Waals surface area contributed by atoms with Crippen LogP contribution >= 0.6 is 11.3 Å². The predicted molar refractivity (Wildman–Crippen MR) is 72.4 cm³/mol. The minimum Gasteiger partial charge on any atom is -0.454 e. The van der Waals surface area contributed by atoms with E-state index in [1.807, 2.05) is 36.4 Å². The third kappa shape index (κ3) is 1.98. The number of rotatable bonds is 3. The highest BCUT2D eigenvalue weighted by molar-refractivity contribution is 7.21. The van der Waals surface area contributed by atoms with E-state index in [9.17, 15) is 4.79 Å². The van der Waals surface area contributed by atoms with E-state index in [4.69, 9.17) is 4.42 Å². The molecule has 0 bridgehead atoms. The van der Waals surface area contributed by atoms with E-state index < -0.39 is 0 Å². The maximum absolute atomic E-state index is 10.2. The molecule has 0 saturated carbocycles. The van der Waals surface area contributed by atoms with Crippen molar-refractivity contribution in [3.8, 4) is 10.8 Å². The lowest BCUT2D eigenvalue weighted by Gasteiger charge is -1.87. The highest BCUT2D eigenvalue weighted by Gasteiger charge is 2.09. The van der Waals surface area contributed by atoms with Gasteiger partial charge in [-0.05, 0) is 36.4 Å². The predicted octanol–water partition coefficient (Wildman–Crippen LogP) is 3.77. The van der Waals surface area contributed by atoms with Gasteiger partial charge in [0.15, 0.2) is 10.8 Å². The highest BCUT2D eigenvalue weighted by atomic mass is 32.1. The van der Waals surface area contributed by atoms with Gasteiger partial charge >= 0.3 is 0 Å². The minimum atomic E-state index is 0.649. The van der Waals surface area contributed by atoms with Crippen molar-refractivity contribution in [1.82, 2.24) is 4.98 Å². The Morgan fingerprint density at radius 3 is 2.89 bits per heavy atom. The molecule has 0 aliphatic carbocycles. The van der Waals surface area contributed by atoms with Crippen LogP contribution in [0.3, 0.4) is 0 Å². The second-order valence-corrected chi connectivity index (χ2v) is 4.71. The first-order valence-corrected chi connectivity index (χ1v) is 6.26. The van der Waals surface area contributed by atoms with Crippen LogP contribution in [-0.4, -0.2) is 11.3 Å². The lowest BCUT2D eigenvalue weighted by molar-refractivity contribution is -0.104. The number of allylic oxidation sites excluding steroid dienone is 1. The molecule has 3 rings (SSSR count). The highest BCUT2D eigenvalue weighted by Crippen LogP contribution is 2.31. The molecule has 1 aromatic carbocycles. The van der Waals surface area contributed by atoms with Crippen LogP contribution in [0.25, 0.3) is 27.1 Å². The van der Waals surface area contributed by atoms with Crippen LogP contribution in [0.2, 0.25) is 0 Å². The molecule has 18 heavy (non-hydrogen) atoms. The molecule has 0 spiro atoms. The van der Waals surface area contributed by atoms with E-state index in [-0.39, 0.29) is 0 Å². The van der Waals surface area contributed by atoms with Crippen molar-refractivity contribution < 1.29 is 9.21 Å². The molecule has 88 valence electrons. The lowest BCUT2D eigenvalue weighted by Crippen LogP contribution is -1.70. The van der Waals surface area contributed by atoms with Crippen LogP contribution in [0, 0.1) is 0 Å². The molecule has 0 atom stereocenters. The summed E-state index contributed by atoms with van der Waals surface area (Å²) in [7, 11) is 0. The van der Waals surface area contributed by atoms with Crippen molar-refractivity contribution in [2.75, 3.05) is 0 Å². The second kappa shape index (κ2) is 4.58. The van der Waals surface area contributed by atoms with Gasteiger partial charge in [0, 0.05) is 0 Å². The van der Waals surface area contributed by atoms with Gasteiger partial charge in [-0.2, -0.15) is 0 Å². The van der Waals surface area contributed by atoms with E-state index in [1.165, 1.54) is 6.08 Å². The Labute approximate surface area is 107 Å². The Hall–Kier alpha value is -2.20. The SMILES string of the molecule is O=CC=Cc1ccc(-c2nc3ccccc3s2)o1. The molecule has 2 heterocycles. The van der Waals surface area contributed by atoms with Crippen molar-refractivity contribution in [2.45, 2.75) is 0 Å². The average molecular weight is 255 g/mol. The van der Waals surface area contributed by atoms with Crippen LogP contribution in [0.15, 0.2) is 46.9 Å². The second-order valence-electron chi connectivity index (χ2n) is 3.68. The molecule has 0 amide bonds. The first kappa shape index (κ1) is 10.9. The number of benzene rings is 1. The van der Waals surface area contributed by atoms with Crippen molar-refractivity contribution >= 4 is 33.9 Å². The normalized spacial score (nSPS) is 11.3. The van der Waals surface area contributed by atoms with Crippen LogP contribution in [-0.2, 0) is 4.79 Å². The monoisotopic (exact) mass is 255 g/mol. The van der Waals surface area contributed by atoms with E-state index in [1.54, 1.807) is 17.4 Å².